The summed E-state index contributed by atoms with van der Waals surface area (Å²) in [6.45, 7) is 0. The number of hydrogen-bond acceptors (Lipinski definition) is 4. The summed E-state index contributed by atoms with van der Waals surface area (Å²) in [6.07, 6.45) is 3.11. The summed E-state index contributed by atoms with van der Waals surface area (Å²) in [5.74, 6) is 0.0328. The molecule has 6 nitrogen and oxygen atoms in total. The molecule has 2 rings (SSSR count). The number of hydrogen-bond donors (Lipinski definition) is 1. The van der Waals surface area contributed by atoms with E-state index in [4.69, 9.17) is 0 Å². The summed E-state index contributed by atoms with van der Waals surface area (Å²) >= 11 is 3.15. The van der Waals surface area contributed by atoms with Crippen molar-refractivity contribution in [2.24, 2.45) is 7.05 Å². The largest absolute Gasteiger partial charge is 0.342 e. The van der Waals surface area contributed by atoms with Crippen molar-refractivity contribution in [2.45, 2.75) is 0 Å². The number of halogens is 1. The minimum atomic E-state index is -0.241. The third-order valence-electron chi connectivity index (χ3n) is 1.71. The lowest BCUT2D eigenvalue weighted by Crippen LogP contribution is -2.10. The summed E-state index contributed by atoms with van der Waals surface area (Å²) in [5, 5.41) is 7.42. The Balaban J connectivity index is 2.46. The third kappa shape index (κ3) is 1.35. The SMILES string of the molecule is Cn1nnc(Br)c1C(=O)c1ncc[nH]1. The molecule has 0 saturated heterocycles. The molecule has 2 heterocycles. The predicted octanol–water partition coefficient (Wildman–Crippen LogP) is 0.532. The van der Waals surface area contributed by atoms with E-state index in [1.54, 1.807) is 13.2 Å². The Labute approximate surface area is 87.5 Å². The van der Waals surface area contributed by atoms with E-state index in [9.17, 15) is 4.79 Å². The first kappa shape index (κ1) is 9.07. The molecule has 0 atom stereocenters. The number of aromatic nitrogens is 5. The maximum Gasteiger partial charge on any atom is 0.249 e. The lowest BCUT2D eigenvalue weighted by atomic mass is 10.3. The van der Waals surface area contributed by atoms with Gasteiger partial charge in [-0.15, -0.1) is 5.10 Å². The standard InChI is InChI=1S/C7H6BrN5O/c1-13-4(6(8)11-12-13)5(14)7-9-2-3-10-7/h2-3H,1H3,(H,9,10). The van der Waals surface area contributed by atoms with Gasteiger partial charge < -0.3 is 4.98 Å². The molecule has 0 bridgehead atoms. The summed E-state index contributed by atoms with van der Waals surface area (Å²) in [5.41, 5.74) is 0.375. The highest BCUT2D eigenvalue weighted by Crippen LogP contribution is 2.14. The van der Waals surface area contributed by atoms with Crippen LogP contribution in [0.2, 0.25) is 0 Å². The Kier molecular flexibility index (Phi) is 2.16. The molecule has 2 aromatic rings. The van der Waals surface area contributed by atoms with Crippen LogP contribution in [0.25, 0.3) is 0 Å². The first-order valence-corrected chi connectivity index (χ1v) is 4.58. The van der Waals surface area contributed by atoms with Crippen molar-refractivity contribution in [1.29, 1.82) is 0 Å². The van der Waals surface area contributed by atoms with E-state index in [2.05, 4.69) is 36.2 Å². The average molecular weight is 256 g/mol. The highest BCUT2D eigenvalue weighted by molar-refractivity contribution is 9.10. The molecule has 0 fully saturated rings. The Morgan fingerprint density at radius 3 is 2.93 bits per heavy atom. The van der Waals surface area contributed by atoms with Crippen LogP contribution in [0.15, 0.2) is 17.0 Å². The Morgan fingerprint density at radius 1 is 1.64 bits per heavy atom. The molecule has 0 saturated carbocycles. The van der Waals surface area contributed by atoms with Crippen LogP contribution in [0.3, 0.4) is 0 Å². The van der Waals surface area contributed by atoms with Gasteiger partial charge in [-0.1, -0.05) is 5.21 Å². The summed E-state index contributed by atoms with van der Waals surface area (Å²) in [4.78, 5) is 18.4. The fourth-order valence-corrected chi connectivity index (χ4v) is 1.58. The number of nitrogens with zero attached hydrogens (tertiary/aromatic N) is 4. The van der Waals surface area contributed by atoms with Crippen LogP contribution in [-0.4, -0.2) is 30.7 Å². The molecule has 72 valence electrons. The van der Waals surface area contributed by atoms with E-state index in [1.807, 2.05) is 0 Å². The van der Waals surface area contributed by atoms with E-state index < -0.39 is 0 Å². The monoisotopic (exact) mass is 255 g/mol. The van der Waals surface area contributed by atoms with E-state index in [1.165, 1.54) is 10.9 Å². The quantitative estimate of drug-likeness (QED) is 0.795. The van der Waals surface area contributed by atoms with Gasteiger partial charge in [0.25, 0.3) is 0 Å². The van der Waals surface area contributed by atoms with Crippen LogP contribution < -0.4 is 0 Å². The zero-order chi connectivity index (χ0) is 10.1. The van der Waals surface area contributed by atoms with E-state index in [0.717, 1.165) is 0 Å². The maximum absolute atomic E-state index is 11.8. The van der Waals surface area contributed by atoms with Crippen molar-refractivity contribution in [1.82, 2.24) is 25.0 Å². The van der Waals surface area contributed by atoms with Gasteiger partial charge in [-0.2, -0.15) is 0 Å². The second-order valence-electron chi connectivity index (χ2n) is 2.62. The molecular weight excluding hydrogens is 250 g/mol. The molecule has 0 unspecified atom stereocenters. The zero-order valence-corrected chi connectivity index (χ0v) is 8.82. The van der Waals surface area contributed by atoms with Crippen LogP contribution in [-0.2, 0) is 7.05 Å². The molecule has 0 aromatic carbocycles. The molecule has 0 spiro atoms. The molecule has 0 aliphatic heterocycles. The summed E-state index contributed by atoms with van der Waals surface area (Å²) in [6, 6.07) is 0. The number of H-pyrrole nitrogens is 1. The van der Waals surface area contributed by atoms with Gasteiger partial charge in [0.05, 0.1) is 0 Å². The number of carbonyl (C=O) groups excluding carboxylic acids is 1. The highest BCUT2D eigenvalue weighted by Gasteiger charge is 2.20. The number of ketones is 1. The predicted molar refractivity (Wildman–Crippen MR) is 50.7 cm³/mol. The van der Waals surface area contributed by atoms with Crippen molar-refractivity contribution in [2.75, 3.05) is 0 Å². The first-order chi connectivity index (χ1) is 6.70. The molecule has 0 amide bonds. The topological polar surface area (TPSA) is 76.5 Å². The fourth-order valence-electron chi connectivity index (χ4n) is 1.07. The van der Waals surface area contributed by atoms with Crippen LogP contribution in [0.5, 0.6) is 0 Å². The van der Waals surface area contributed by atoms with Crippen molar-refractivity contribution in [3.63, 3.8) is 0 Å². The smallest absolute Gasteiger partial charge is 0.249 e. The van der Waals surface area contributed by atoms with Gasteiger partial charge in [0, 0.05) is 19.4 Å². The van der Waals surface area contributed by atoms with Crippen LogP contribution in [0.4, 0.5) is 0 Å². The molecule has 7 heteroatoms. The van der Waals surface area contributed by atoms with Gasteiger partial charge >= 0.3 is 0 Å². The molecule has 14 heavy (non-hydrogen) atoms. The van der Waals surface area contributed by atoms with E-state index >= 15 is 0 Å². The summed E-state index contributed by atoms with van der Waals surface area (Å²) < 4.78 is 1.82. The number of nitrogens with one attached hydrogen (secondary N) is 1. The van der Waals surface area contributed by atoms with Gasteiger partial charge in [0.2, 0.25) is 5.78 Å². The number of carbonyl (C=O) groups is 1. The average Bonchev–Trinajstić information content (AvgIpc) is 2.75. The first-order valence-electron chi connectivity index (χ1n) is 3.79. The van der Waals surface area contributed by atoms with Crippen molar-refractivity contribution < 1.29 is 4.79 Å². The second-order valence-corrected chi connectivity index (χ2v) is 3.37. The normalized spacial score (nSPS) is 10.4. The molecule has 0 aliphatic carbocycles. The lowest BCUT2D eigenvalue weighted by Gasteiger charge is -1.96. The number of aryl methyl sites for hydroxylation is 1. The molecule has 0 radical (unpaired) electrons. The minimum Gasteiger partial charge on any atom is -0.342 e. The van der Waals surface area contributed by atoms with Gasteiger partial charge in [-0.3, -0.25) is 4.79 Å². The zero-order valence-electron chi connectivity index (χ0n) is 7.23. The lowest BCUT2D eigenvalue weighted by molar-refractivity contribution is 0.102. The van der Waals surface area contributed by atoms with Gasteiger partial charge in [0.15, 0.2) is 10.4 Å². The van der Waals surface area contributed by atoms with Crippen molar-refractivity contribution >= 4 is 21.7 Å². The number of imidazole rings is 1. The Bertz CT molecular complexity index is 441. The van der Waals surface area contributed by atoms with Crippen molar-refractivity contribution in [3.05, 3.63) is 28.5 Å². The van der Waals surface area contributed by atoms with Crippen LogP contribution in [0.1, 0.15) is 16.3 Å². The maximum atomic E-state index is 11.8. The number of aromatic amines is 1. The summed E-state index contributed by atoms with van der Waals surface area (Å²) in [7, 11) is 1.65. The van der Waals surface area contributed by atoms with E-state index in [-0.39, 0.29) is 11.6 Å². The molecule has 1 N–H and O–H groups in total. The second kappa shape index (κ2) is 3.33. The van der Waals surface area contributed by atoms with Gasteiger partial charge in [0.1, 0.15) is 5.69 Å². The van der Waals surface area contributed by atoms with Crippen LogP contribution in [0, 0.1) is 0 Å². The van der Waals surface area contributed by atoms with Gasteiger partial charge in [-0.05, 0) is 15.9 Å². The molecular formula is C7H6BrN5O. The van der Waals surface area contributed by atoms with E-state index in [0.29, 0.717) is 10.3 Å². The minimum absolute atomic E-state index is 0.241. The Morgan fingerprint density at radius 2 is 2.43 bits per heavy atom. The third-order valence-corrected chi connectivity index (χ3v) is 2.25. The van der Waals surface area contributed by atoms with Gasteiger partial charge in [-0.25, -0.2) is 9.67 Å². The number of rotatable bonds is 2. The van der Waals surface area contributed by atoms with Crippen LogP contribution >= 0.6 is 15.9 Å². The molecule has 2 aromatic heterocycles. The Hall–Kier alpha value is -1.50. The van der Waals surface area contributed by atoms with Crippen molar-refractivity contribution in [3.8, 4) is 0 Å². The fraction of sp³-hybridized carbons (Fsp3) is 0.143. The highest BCUT2D eigenvalue weighted by atomic mass is 79.9. The molecule has 0 aliphatic rings.